The molecule has 1 aromatic carbocycles. The standard InChI is InChI=1S/C23H21N3S/c1-27-21-9-3-7-19(15-21)22-14-17(10-12-24-22)5-2-6-18-13-20-8-4-11-25-23(20)26-16-18/h3-4,7-16H,2,5-6H2,1H3. The number of rotatable bonds is 6. The van der Waals surface area contributed by atoms with Crippen molar-refractivity contribution in [1.82, 2.24) is 15.0 Å². The Morgan fingerprint density at radius 3 is 2.67 bits per heavy atom. The lowest BCUT2D eigenvalue weighted by atomic mass is 10.0. The number of pyridine rings is 3. The maximum absolute atomic E-state index is 4.56. The molecule has 4 heteroatoms. The van der Waals surface area contributed by atoms with Crippen LogP contribution in [0.4, 0.5) is 0 Å². The van der Waals surface area contributed by atoms with Crippen LogP contribution in [0.3, 0.4) is 0 Å². The molecule has 0 amide bonds. The molecule has 0 aliphatic rings. The number of nitrogens with zero attached hydrogens (tertiary/aromatic N) is 3. The van der Waals surface area contributed by atoms with Crippen LogP contribution in [0.1, 0.15) is 17.5 Å². The van der Waals surface area contributed by atoms with Gasteiger partial charge in [0.05, 0.1) is 5.69 Å². The average Bonchev–Trinajstić information content (AvgIpc) is 2.74. The number of aromatic nitrogens is 3. The Kier molecular flexibility index (Phi) is 5.45. The lowest BCUT2D eigenvalue weighted by Gasteiger charge is -2.07. The van der Waals surface area contributed by atoms with Crippen LogP contribution < -0.4 is 0 Å². The molecular formula is C23H21N3S. The van der Waals surface area contributed by atoms with Crippen LogP contribution in [0.15, 0.2) is 78.1 Å². The van der Waals surface area contributed by atoms with Gasteiger partial charge in [0.25, 0.3) is 0 Å². The van der Waals surface area contributed by atoms with Crippen molar-refractivity contribution in [3.8, 4) is 11.3 Å². The fourth-order valence-corrected chi connectivity index (χ4v) is 3.67. The third-order valence-electron chi connectivity index (χ3n) is 4.63. The minimum absolute atomic E-state index is 0.812. The zero-order chi connectivity index (χ0) is 18.5. The molecule has 4 rings (SSSR count). The molecule has 0 spiro atoms. The molecule has 27 heavy (non-hydrogen) atoms. The van der Waals surface area contributed by atoms with Crippen molar-refractivity contribution in [3.05, 3.63) is 84.3 Å². The first-order chi connectivity index (χ1) is 13.3. The van der Waals surface area contributed by atoms with E-state index >= 15 is 0 Å². The van der Waals surface area contributed by atoms with E-state index in [4.69, 9.17) is 0 Å². The Labute approximate surface area is 163 Å². The molecule has 0 fully saturated rings. The number of benzene rings is 1. The lowest BCUT2D eigenvalue weighted by molar-refractivity contribution is 0.817. The van der Waals surface area contributed by atoms with Crippen LogP contribution in [0.25, 0.3) is 22.3 Å². The summed E-state index contributed by atoms with van der Waals surface area (Å²) in [4.78, 5) is 14.6. The summed E-state index contributed by atoms with van der Waals surface area (Å²) in [6.45, 7) is 0. The van der Waals surface area contributed by atoms with Gasteiger partial charge in [0.1, 0.15) is 0 Å². The first-order valence-corrected chi connectivity index (χ1v) is 10.3. The quantitative estimate of drug-likeness (QED) is 0.414. The normalized spacial score (nSPS) is 11.0. The number of fused-ring (bicyclic) bond motifs is 1. The number of hydrogen-bond donors (Lipinski definition) is 0. The topological polar surface area (TPSA) is 38.7 Å². The van der Waals surface area contributed by atoms with Gasteiger partial charge in [0.2, 0.25) is 0 Å². The van der Waals surface area contributed by atoms with Gasteiger partial charge in [-0.25, -0.2) is 9.97 Å². The molecule has 0 aliphatic carbocycles. The lowest BCUT2D eigenvalue weighted by Crippen LogP contribution is -1.94. The molecular weight excluding hydrogens is 350 g/mol. The van der Waals surface area contributed by atoms with Crippen molar-refractivity contribution in [2.24, 2.45) is 0 Å². The van der Waals surface area contributed by atoms with Crippen molar-refractivity contribution in [2.75, 3.05) is 6.26 Å². The van der Waals surface area contributed by atoms with E-state index < -0.39 is 0 Å². The zero-order valence-corrected chi connectivity index (χ0v) is 16.1. The molecule has 0 radical (unpaired) electrons. The Bertz CT molecular complexity index is 1060. The smallest absolute Gasteiger partial charge is 0.159 e. The molecule has 3 heterocycles. The van der Waals surface area contributed by atoms with E-state index in [1.165, 1.54) is 21.6 Å². The maximum Gasteiger partial charge on any atom is 0.159 e. The van der Waals surface area contributed by atoms with E-state index in [-0.39, 0.29) is 0 Å². The van der Waals surface area contributed by atoms with Crippen LogP contribution >= 0.6 is 11.8 Å². The van der Waals surface area contributed by atoms with Crippen molar-refractivity contribution in [3.63, 3.8) is 0 Å². The summed E-state index contributed by atoms with van der Waals surface area (Å²) in [5.41, 5.74) is 5.62. The summed E-state index contributed by atoms with van der Waals surface area (Å²) in [6.07, 6.45) is 10.9. The Morgan fingerprint density at radius 2 is 1.74 bits per heavy atom. The summed E-state index contributed by atoms with van der Waals surface area (Å²) in [5.74, 6) is 0. The molecule has 0 bridgehead atoms. The monoisotopic (exact) mass is 371 g/mol. The van der Waals surface area contributed by atoms with Crippen LogP contribution in [-0.2, 0) is 12.8 Å². The summed E-state index contributed by atoms with van der Waals surface area (Å²) >= 11 is 1.76. The molecule has 0 saturated carbocycles. The fraction of sp³-hybridized carbons (Fsp3) is 0.174. The molecule has 0 N–H and O–H groups in total. The van der Waals surface area contributed by atoms with Crippen molar-refractivity contribution >= 4 is 22.8 Å². The summed E-state index contributed by atoms with van der Waals surface area (Å²) in [6, 6.07) is 19.1. The van der Waals surface area contributed by atoms with E-state index in [1.807, 2.05) is 18.5 Å². The molecule has 4 aromatic rings. The summed E-state index contributed by atoms with van der Waals surface area (Å²) in [7, 11) is 0. The van der Waals surface area contributed by atoms with Gasteiger partial charge in [-0.3, -0.25) is 4.98 Å². The Balaban J connectivity index is 1.43. The van der Waals surface area contributed by atoms with Crippen LogP contribution in [0.2, 0.25) is 0 Å². The second kappa shape index (κ2) is 8.31. The minimum atomic E-state index is 0.812. The third kappa shape index (κ3) is 4.34. The van der Waals surface area contributed by atoms with E-state index in [9.17, 15) is 0 Å². The second-order valence-electron chi connectivity index (χ2n) is 6.53. The first kappa shape index (κ1) is 17.7. The van der Waals surface area contributed by atoms with E-state index in [0.717, 1.165) is 36.0 Å². The summed E-state index contributed by atoms with van der Waals surface area (Å²) in [5, 5.41) is 1.11. The molecule has 3 nitrogen and oxygen atoms in total. The van der Waals surface area contributed by atoms with E-state index in [0.29, 0.717) is 0 Å². The Hall–Kier alpha value is -2.72. The van der Waals surface area contributed by atoms with Crippen molar-refractivity contribution < 1.29 is 0 Å². The average molecular weight is 372 g/mol. The molecule has 0 atom stereocenters. The Morgan fingerprint density at radius 1 is 0.815 bits per heavy atom. The van der Waals surface area contributed by atoms with Crippen LogP contribution in [-0.4, -0.2) is 21.2 Å². The van der Waals surface area contributed by atoms with Gasteiger partial charge in [0.15, 0.2) is 5.65 Å². The van der Waals surface area contributed by atoms with E-state index in [1.54, 1.807) is 18.0 Å². The number of hydrogen-bond acceptors (Lipinski definition) is 4. The highest BCUT2D eigenvalue weighted by Gasteiger charge is 2.04. The SMILES string of the molecule is CSc1cccc(-c2cc(CCCc3cnc4ncccc4c3)ccn2)c1. The highest BCUT2D eigenvalue weighted by Crippen LogP contribution is 2.24. The van der Waals surface area contributed by atoms with Crippen molar-refractivity contribution in [1.29, 1.82) is 0 Å². The minimum Gasteiger partial charge on any atom is -0.256 e. The summed E-state index contributed by atoms with van der Waals surface area (Å²) < 4.78 is 0. The van der Waals surface area contributed by atoms with Gasteiger partial charge < -0.3 is 0 Å². The van der Waals surface area contributed by atoms with Gasteiger partial charge >= 0.3 is 0 Å². The maximum atomic E-state index is 4.56. The number of thioether (sulfide) groups is 1. The van der Waals surface area contributed by atoms with Gasteiger partial charge in [-0.1, -0.05) is 12.1 Å². The second-order valence-corrected chi connectivity index (χ2v) is 7.41. The van der Waals surface area contributed by atoms with Gasteiger partial charge in [-0.2, -0.15) is 0 Å². The van der Waals surface area contributed by atoms with Crippen molar-refractivity contribution in [2.45, 2.75) is 24.2 Å². The predicted molar refractivity (Wildman–Crippen MR) is 113 cm³/mol. The molecule has 0 saturated heterocycles. The predicted octanol–water partition coefficient (Wildman–Crippen LogP) is 5.59. The molecule has 0 unspecified atom stereocenters. The molecule has 0 aliphatic heterocycles. The highest BCUT2D eigenvalue weighted by atomic mass is 32.2. The first-order valence-electron chi connectivity index (χ1n) is 9.11. The van der Waals surface area contributed by atoms with Gasteiger partial charge in [-0.15, -0.1) is 11.8 Å². The highest BCUT2D eigenvalue weighted by molar-refractivity contribution is 7.98. The van der Waals surface area contributed by atoms with Gasteiger partial charge in [0, 0.05) is 34.4 Å². The molecule has 134 valence electrons. The third-order valence-corrected chi connectivity index (χ3v) is 5.36. The van der Waals surface area contributed by atoms with Crippen LogP contribution in [0.5, 0.6) is 0 Å². The number of aryl methyl sites for hydroxylation is 2. The largest absolute Gasteiger partial charge is 0.256 e. The van der Waals surface area contributed by atoms with E-state index in [2.05, 4.69) is 69.7 Å². The van der Waals surface area contributed by atoms with Gasteiger partial charge in [-0.05, 0) is 79.1 Å². The fourth-order valence-electron chi connectivity index (χ4n) is 3.21. The van der Waals surface area contributed by atoms with Crippen LogP contribution in [0, 0.1) is 0 Å². The zero-order valence-electron chi connectivity index (χ0n) is 15.3. The molecule has 3 aromatic heterocycles.